The molecular weight excluding hydrogens is 560 g/mol. The first-order valence-corrected chi connectivity index (χ1v) is 15.4. The van der Waals surface area contributed by atoms with Crippen LogP contribution < -0.4 is 20.1 Å². The summed E-state index contributed by atoms with van der Waals surface area (Å²) in [6.07, 6.45) is 4.61. The molecule has 0 bridgehead atoms. The normalized spacial score (nSPS) is 17.1. The molecule has 3 atom stereocenters. The van der Waals surface area contributed by atoms with Crippen LogP contribution in [0, 0.1) is 11.8 Å². The summed E-state index contributed by atoms with van der Waals surface area (Å²) >= 11 is 0. The molecule has 0 saturated heterocycles. The molecule has 1 aliphatic rings. The highest BCUT2D eigenvalue weighted by molar-refractivity contribution is 5.94. The van der Waals surface area contributed by atoms with Crippen LogP contribution in [0.1, 0.15) is 81.4 Å². The third kappa shape index (κ3) is 8.84. The van der Waals surface area contributed by atoms with Crippen LogP contribution in [0.3, 0.4) is 0 Å². The van der Waals surface area contributed by atoms with Crippen molar-refractivity contribution in [1.82, 2.24) is 20.4 Å². The fourth-order valence-corrected chi connectivity index (χ4v) is 5.88. The quantitative estimate of drug-likeness (QED) is 0.217. The summed E-state index contributed by atoms with van der Waals surface area (Å²) in [7, 11) is 1.61. The van der Waals surface area contributed by atoms with Gasteiger partial charge in [0.25, 0.3) is 5.91 Å². The molecule has 4 rings (SSSR count). The number of carboxylic acids is 1. The van der Waals surface area contributed by atoms with E-state index in [4.69, 9.17) is 19.7 Å². The van der Waals surface area contributed by atoms with Gasteiger partial charge in [-0.15, -0.1) is 0 Å². The molecule has 2 unspecified atom stereocenters. The van der Waals surface area contributed by atoms with E-state index in [-0.39, 0.29) is 24.1 Å². The molecule has 1 fully saturated rings. The van der Waals surface area contributed by atoms with Gasteiger partial charge >= 0.3 is 5.97 Å². The Bertz CT molecular complexity index is 1420. The topological polar surface area (TPSA) is 132 Å². The average molecular weight is 605 g/mol. The largest absolute Gasteiger partial charge is 0.496 e. The van der Waals surface area contributed by atoms with Crippen LogP contribution in [0.2, 0.25) is 0 Å². The Morgan fingerprint density at radius 3 is 2.50 bits per heavy atom. The lowest BCUT2D eigenvalue weighted by Crippen LogP contribution is -2.41. The highest BCUT2D eigenvalue weighted by Crippen LogP contribution is 2.42. The smallest absolute Gasteiger partial charge is 0.322 e. The summed E-state index contributed by atoms with van der Waals surface area (Å²) in [6, 6.07) is 16.9. The van der Waals surface area contributed by atoms with E-state index in [1.165, 1.54) is 0 Å². The highest BCUT2D eigenvalue weighted by atomic mass is 16.5. The van der Waals surface area contributed by atoms with E-state index in [1.807, 2.05) is 67.1 Å². The minimum absolute atomic E-state index is 0.0328. The molecule has 0 radical (unpaired) electrons. The second kappa shape index (κ2) is 15.4. The van der Waals surface area contributed by atoms with Gasteiger partial charge in [-0.05, 0) is 54.9 Å². The lowest BCUT2D eigenvalue weighted by molar-refractivity contribution is -0.138. The minimum Gasteiger partial charge on any atom is -0.496 e. The van der Waals surface area contributed by atoms with Crippen molar-refractivity contribution < 1.29 is 29.0 Å². The molecule has 236 valence electrons. The molecule has 2 aromatic carbocycles. The van der Waals surface area contributed by atoms with Gasteiger partial charge in [0.05, 0.1) is 24.4 Å². The van der Waals surface area contributed by atoms with Crippen LogP contribution in [0.5, 0.6) is 11.5 Å². The van der Waals surface area contributed by atoms with E-state index in [9.17, 15) is 14.4 Å². The SMILES string of the molecule is COc1cccc(OCc2ccccc2)c1-c1cc(C(=O)N[C@H](CC(=O)NCC(=O)O)CC(C)C)nn1C1CCCC(C)C1. The maximum absolute atomic E-state index is 13.7. The van der Waals surface area contributed by atoms with E-state index in [1.54, 1.807) is 13.2 Å². The van der Waals surface area contributed by atoms with Crippen molar-refractivity contribution in [2.75, 3.05) is 13.7 Å². The standard InChI is InChI=1S/C34H44N4O6/c1-22(2)16-25(18-31(39)35-20-32(40)41)36-34(42)27-19-28(38(37-27)26-13-8-10-23(3)17-26)33-29(43-4)14-9-15-30(33)44-21-24-11-6-5-7-12-24/h5-7,9,11-12,14-15,19,22-23,25-26H,8,10,13,16-18,20-21H2,1-4H3,(H,35,39)(H,36,42)(H,40,41)/t23?,25-,26?/m0/s1. The van der Waals surface area contributed by atoms with E-state index in [0.29, 0.717) is 30.4 Å². The van der Waals surface area contributed by atoms with E-state index in [0.717, 1.165) is 42.5 Å². The summed E-state index contributed by atoms with van der Waals surface area (Å²) in [4.78, 5) is 37.0. The predicted molar refractivity (Wildman–Crippen MR) is 168 cm³/mol. The molecule has 1 aliphatic carbocycles. The van der Waals surface area contributed by atoms with E-state index < -0.39 is 30.4 Å². The number of rotatable bonds is 14. The number of carboxylic acid groups (broad SMARTS) is 1. The van der Waals surface area contributed by atoms with Crippen LogP contribution in [0.4, 0.5) is 0 Å². The van der Waals surface area contributed by atoms with Gasteiger partial charge in [0.2, 0.25) is 5.91 Å². The fraction of sp³-hybridized carbons (Fsp3) is 0.471. The average Bonchev–Trinajstić information content (AvgIpc) is 3.44. The molecular formula is C34H44N4O6. The van der Waals surface area contributed by atoms with Crippen molar-refractivity contribution in [1.29, 1.82) is 0 Å². The Kier molecular flexibility index (Phi) is 11.4. The number of hydrogen-bond donors (Lipinski definition) is 3. The third-order valence-corrected chi connectivity index (χ3v) is 7.88. The molecule has 2 amide bonds. The minimum atomic E-state index is -1.12. The Balaban J connectivity index is 1.69. The van der Waals surface area contributed by atoms with Crippen molar-refractivity contribution in [3.63, 3.8) is 0 Å². The monoisotopic (exact) mass is 604 g/mol. The van der Waals surface area contributed by atoms with Crippen molar-refractivity contribution >= 4 is 17.8 Å². The number of hydrogen-bond acceptors (Lipinski definition) is 6. The van der Waals surface area contributed by atoms with Crippen molar-refractivity contribution in [3.05, 3.63) is 65.9 Å². The Morgan fingerprint density at radius 2 is 1.82 bits per heavy atom. The maximum atomic E-state index is 13.7. The first kappa shape index (κ1) is 32.6. The van der Waals surface area contributed by atoms with Crippen molar-refractivity contribution in [2.24, 2.45) is 11.8 Å². The molecule has 1 aromatic heterocycles. The molecule has 0 spiro atoms. The second-order valence-corrected chi connectivity index (χ2v) is 12.1. The Labute approximate surface area is 259 Å². The molecule has 44 heavy (non-hydrogen) atoms. The molecule has 3 N–H and O–H groups in total. The zero-order valence-corrected chi connectivity index (χ0v) is 26.0. The van der Waals surface area contributed by atoms with Gasteiger partial charge in [-0.1, -0.05) is 70.0 Å². The van der Waals surface area contributed by atoms with E-state index in [2.05, 4.69) is 17.6 Å². The number of benzene rings is 2. The second-order valence-electron chi connectivity index (χ2n) is 12.1. The Morgan fingerprint density at radius 1 is 1.07 bits per heavy atom. The van der Waals surface area contributed by atoms with Crippen LogP contribution >= 0.6 is 0 Å². The van der Waals surface area contributed by atoms with Gasteiger partial charge in [-0.3, -0.25) is 19.1 Å². The summed E-state index contributed by atoms with van der Waals surface area (Å²) in [5.74, 6) is -0.00147. The Hall–Kier alpha value is -4.34. The molecule has 1 saturated carbocycles. The lowest BCUT2D eigenvalue weighted by Gasteiger charge is -2.29. The number of carbonyl (C=O) groups is 3. The summed E-state index contributed by atoms with van der Waals surface area (Å²) < 4.78 is 14.1. The summed E-state index contributed by atoms with van der Waals surface area (Å²) in [6.45, 7) is 6.15. The van der Waals surface area contributed by atoms with Crippen LogP contribution in [-0.2, 0) is 16.2 Å². The third-order valence-electron chi connectivity index (χ3n) is 7.88. The molecule has 10 heteroatoms. The van der Waals surface area contributed by atoms with Gasteiger partial charge < -0.3 is 25.2 Å². The fourth-order valence-electron chi connectivity index (χ4n) is 5.88. The number of aromatic nitrogens is 2. The first-order chi connectivity index (χ1) is 21.1. The highest BCUT2D eigenvalue weighted by Gasteiger charge is 2.29. The summed E-state index contributed by atoms with van der Waals surface area (Å²) in [5.41, 5.74) is 2.72. The van der Waals surface area contributed by atoms with Crippen molar-refractivity contribution in [3.8, 4) is 22.8 Å². The molecule has 3 aromatic rings. The van der Waals surface area contributed by atoms with Gasteiger partial charge in [-0.25, -0.2) is 0 Å². The number of nitrogens with one attached hydrogen (secondary N) is 2. The predicted octanol–water partition coefficient (Wildman–Crippen LogP) is 5.62. The van der Waals surface area contributed by atoms with Gasteiger partial charge in [-0.2, -0.15) is 5.10 Å². The molecule has 10 nitrogen and oxygen atoms in total. The zero-order chi connectivity index (χ0) is 31.6. The maximum Gasteiger partial charge on any atom is 0.322 e. The number of ether oxygens (including phenoxy) is 2. The number of aliphatic carboxylic acids is 1. The molecule has 1 heterocycles. The molecule has 0 aliphatic heterocycles. The first-order valence-electron chi connectivity index (χ1n) is 15.4. The number of nitrogens with zero attached hydrogens (tertiary/aromatic N) is 2. The van der Waals surface area contributed by atoms with E-state index >= 15 is 0 Å². The lowest BCUT2D eigenvalue weighted by atomic mass is 9.87. The zero-order valence-electron chi connectivity index (χ0n) is 26.0. The number of carbonyl (C=O) groups excluding carboxylic acids is 2. The van der Waals surface area contributed by atoms with Crippen LogP contribution in [0.25, 0.3) is 11.3 Å². The van der Waals surface area contributed by atoms with Crippen LogP contribution in [0.15, 0.2) is 54.6 Å². The number of amides is 2. The van der Waals surface area contributed by atoms with Crippen LogP contribution in [-0.4, -0.2) is 52.4 Å². The van der Waals surface area contributed by atoms with Gasteiger partial charge in [0, 0.05) is 12.5 Å². The number of methoxy groups -OCH3 is 1. The summed E-state index contributed by atoms with van der Waals surface area (Å²) in [5, 5.41) is 19.2. The van der Waals surface area contributed by atoms with Gasteiger partial charge in [0.15, 0.2) is 5.69 Å². The van der Waals surface area contributed by atoms with Crippen molar-refractivity contribution in [2.45, 2.75) is 78.0 Å². The van der Waals surface area contributed by atoms with Gasteiger partial charge in [0.1, 0.15) is 24.7 Å².